The summed E-state index contributed by atoms with van der Waals surface area (Å²) < 4.78 is 11.3. The zero-order valence-corrected chi connectivity index (χ0v) is 8.13. The summed E-state index contributed by atoms with van der Waals surface area (Å²) in [7, 11) is 0. The van der Waals surface area contributed by atoms with Crippen molar-refractivity contribution in [3.63, 3.8) is 0 Å². The fourth-order valence-electron chi connectivity index (χ4n) is 1.98. The molecule has 2 rings (SSSR count). The lowest BCUT2D eigenvalue weighted by Gasteiger charge is -2.24. The van der Waals surface area contributed by atoms with Gasteiger partial charge in [-0.3, -0.25) is 0 Å². The summed E-state index contributed by atoms with van der Waals surface area (Å²) in [6.45, 7) is 3.90. The van der Waals surface area contributed by atoms with Gasteiger partial charge in [-0.15, -0.1) is 0 Å². The zero-order valence-electron chi connectivity index (χ0n) is 8.13. The van der Waals surface area contributed by atoms with Crippen molar-refractivity contribution in [1.82, 2.24) is 5.32 Å². The molecule has 0 aromatic rings. The molecule has 2 saturated heterocycles. The van der Waals surface area contributed by atoms with Crippen LogP contribution in [0.1, 0.15) is 25.7 Å². The molecule has 2 fully saturated rings. The quantitative estimate of drug-likeness (QED) is 0.709. The van der Waals surface area contributed by atoms with Crippen molar-refractivity contribution in [2.24, 2.45) is 0 Å². The molecule has 76 valence electrons. The van der Waals surface area contributed by atoms with E-state index in [1.54, 1.807) is 0 Å². The lowest BCUT2D eigenvalue weighted by atomic mass is 10.1. The number of hydrogen-bond donors (Lipinski definition) is 1. The van der Waals surface area contributed by atoms with Crippen LogP contribution in [0.5, 0.6) is 0 Å². The fourth-order valence-corrected chi connectivity index (χ4v) is 1.98. The van der Waals surface area contributed by atoms with Crippen LogP contribution in [0.15, 0.2) is 0 Å². The van der Waals surface area contributed by atoms with Gasteiger partial charge in [0.2, 0.25) is 0 Å². The van der Waals surface area contributed by atoms with E-state index >= 15 is 0 Å². The molecular formula is C10H19NO2. The van der Waals surface area contributed by atoms with E-state index in [-0.39, 0.29) is 0 Å². The van der Waals surface area contributed by atoms with Crippen molar-refractivity contribution in [3.8, 4) is 0 Å². The number of rotatable bonds is 3. The zero-order chi connectivity index (χ0) is 8.93. The normalized spacial score (nSPS) is 35.1. The number of piperidine rings is 1. The molecule has 3 nitrogen and oxygen atoms in total. The summed E-state index contributed by atoms with van der Waals surface area (Å²) in [6, 6.07) is 0. The topological polar surface area (TPSA) is 30.5 Å². The van der Waals surface area contributed by atoms with Gasteiger partial charge in [-0.1, -0.05) is 0 Å². The van der Waals surface area contributed by atoms with E-state index in [4.69, 9.17) is 9.47 Å². The Labute approximate surface area is 79.8 Å². The Morgan fingerprint density at radius 1 is 1.31 bits per heavy atom. The third kappa shape index (κ3) is 2.93. The van der Waals surface area contributed by atoms with Crippen molar-refractivity contribution < 1.29 is 9.47 Å². The van der Waals surface area contributed by atoms with Crippen LogP contribution in [0, 0.1) is 0 Å². The molecule has 0 radical (unpaired) electrons. The minimum Gasteiger partial charge on any atom is -0.376 e. The van der Waals surface area contributed by atoms with Crippen molar-refractivity contribution in [2.45, 2.75) is 37.9 Å². The average Bonchev–Trinajstić information content (AvgIpc) is 2.69. The van der Waals surface area contributed by atoms with E-state index in [1.165, 1.54) is 25.7 Å². The molecule has 0 aromatic carbocycles. The molecule has 2 aliphatic rings. The predicted molar refractivity (Wildman–Crippen MR) is 50.8 cm³/mol. The molecule has 0 unspecified atom stereocenters. The molecule has 0 saturated carbocycles. The van der Waals surface area contributed by atoms with Crippen molar-refractivity contribution >= 4 is 0 Å². The molecule has 0 spiro atoms. The Morgan fingerprint density at radius 2 is 2.31 bits per heavy atom. The highest BCUT2D eigenvalue weighted by Gasteiger charge is 2.19. The maximum atomic E-state index is 5.78. The molecule has 0 aromatic heterocycles. The minimum atomic E-state index is 0.377. The van der Waals surface area contributed by atoms with Gasteiger partial charge in [0.05, 0.1) is 18.8 Å². The van der Waals surface area contributed by atoms with Crippen molar-refractivity contribution in [1.29, 1.82) is 0 Å². The standard InChI is InChI=1S/C10H19NO2/c1-3-9(7-11-5-1)13-8-10-4-2-6-12-10/h9-11H,1-8H2/t9-,10-/m1/s1. The molecule has 0 aliphatic carbocycles. The second-order valence-electron chi connectivity index (χ2n) is 3.94. The van der Waals surface area contributed by atoms with Crippen LogP contribution in [-0.2, 0) is 9.47 Å². The summed E-state index contributed by atoms with van der Waals surface area (Å²) in [5.41, 5.74) is 0. The van der Waals surface area contributed by atoms with Crippen molar-refractivity contribution in [3.05, 3.63) is 0 Å². The Morgan fingerprint density at radius 3 is 3.00 bits per heavy atom. The molecule has 2 atom stereocenters. The maximum absolute atomic E-state index is 5.78. The van der Waals surface area contributed by atoms with Gasteiger partial charge in [0.1, 0.15) is 0 Å². The molecular weight excluding hydrogens is 166 g/mol. The lowest BCUT2D eigenvalue weighted by Crippen LogP contribution is -2.36. The van der Waals surface area contributed by atoms with Gasteiger partial charge in [0, 0.05) is 13.2 Å². The smallest absolute Gasteiger partial charge is 0.0809 e. The Kier molecular flexibility index (Phi) is 3.58. The maximum Gasteiger partial charge on any atom is 0.0809 e. The van der Waals surface area contributed by atoms with E-state index < -0.39 is 0 Å². The van der Waals surface area contributed by atoms with E-state index in [0.29, 0.717) is 12.2 Å². The third-order valence-corrected chi connectivity index (χ3v) is 2.79. The van der Waals surface area contributed by atoms with Crippen LogP contribution in [0.4, 0.5) is 0 Å². The molecule has 3 heteroatoms. The first-order valence-corrected chi connectivity index (χ1v) is 5.39. The lowest BCUT2D eigenvalue weighted by molar-refractivity contribution is -0.0274. The summed E-state index contributed by atoms with van der Waals surface area (Å²) in [6.07, 6.45) is 5.65. The van der Waals surface area contributed by atoms with Gasteiger partial charge < -0.3 is 14.8 Å². The average molecular weight is 185 g/mol. The first-order valence-electron chi connectivity index (χ1n) is 5.39. The number of hydrogen-bond acceptors (Lipinski definition) is 3. The minimum absolute atomic E-state index is 0.377. The van der Waals surface area contributed by atoms with Gasteiger partial charge in [-0.25, -0.2) is 0 Å². The molecule has 13 heavy (non-hydrogen) atoms. The molecule has 2 heterocycles. The van der Waals surface area contributed by atoms with E-state index in [0.717, 1.165) is 26.3 Å². The Balaban J connectivity index is 1.60. The van der Waals surface area contributed by atoms with Gasteiger partial charge in [0.25, 0.3) is 0 Å². The predicted octanol–water partition coefficient (Wildman–Crippen LogP) is 0.934. The monoisotopic (exact) mass is 185 g/mol. The third-order valence-electron chi connectivity index (χ3n) is 2.79. The Hall–Kier alpha value is -0.120. The second-order valence-corrected chi connectivity index (χ2v) is 3.94. The SMILES string of the molecule is C1CNC[C@H](OC[C@H]2CCCO2)C1. The summed E-state index contributed by atoms with van der Waals surface area (Å²) >= 11 is 0. The highest BCUT2D eigenvalue weighted by Crippen LogP contribution is 2.14. The van der Waals surface area contributed by atoms with Crippen LogP contribution in [0.25, 0.3) is 0 Å². The fraction of sp³-hybridized carbons (Fsp3) is 1.00. The van der Waals surface area contributed by atoms with Gasteiger partial charge >= 0.3 is 0 Å². The first kappa shape index (κ1) is 9.44. The van der Waals surface area contributed by atoms with Crippen molar-refractivity contribution in [2.75, 3.05) is 26.3 Å². The van der Waals surface area contributed by atoms with E-state index in [9.17, 15) is 0 Å². The summed E-state index contributed by atoms with van der Waals surface area (Å²) in [4.78, 5) is 0. The Bertz CT molecular complexity index is 140. The first-order chi connectivity index (χ1) is 6.45. The molecule has 0 bridgehead atoms. The molecule has 2 aliphatic heterocycles. The van der Waals surface area contributed by atoms with Gasteiger partial charge in [0.15, 0.2) is 0 Å². The van der Waals surface area contributed by atoms with Gasteiger partial charge in [-0.05, 0) is 32.2 Å². The summed E-state index contributed by atoms with van der Waals surface area (Å²) in [5.74, 6) is 0. The van der Waals surface area contributed by atoms with Crippen LogP contribution >= 0.6 is 0 Å². The summed E-state index contributed by atoms with van der Waals surface area (Å²) in [5, 5.41) is 3.34. The second kappa shape index (κ2) is 4.94. The van der Waals surface area contributed by atoms with Gasteiger partial charge in [-0.2, -0.15) is 0 Å². The van der Waals surface area contributed by atoms with Crippen LogP contribution in [0.3, 0.4) is 0 Å². The van der Waals surface area contributed by atoms with Crippen LogP contribution in [0.2, 0.25) is 0 Å². The highest BCUT2D eigenvalue weighted by atomic mass is 16.5. The van der Waals surface area contributed by atoms with Crippen LogP contribution < -0.4 is 5.32 Å². The highest BCUT2D eigenvalue weighted by molar-refractivity contribution is 4.71. The molecule has 0 amide bonds. The van der Waals surface area contributed by atoms with E-state index in [1.807, 2.05) is 0 Å². The van der Waals surface area contributed by atoms with E-state index in [2.05, 4.69) is 5.32 Å². The number of ether oxygens (including phenoxy) is 2. The largest absolute Gasteiger partial charge is 0.376 e. The molecule has 1 N–H and O–H groups in total. The van der Waals surface area contributed by atoms with Crippen LogP contribution in [-0.4, -0.2) is 38.5 Å². The number of nitrogens with one attached hydrogen (secondary N) is 1.